The third-order valence-corrected chi connectivity index (χ3v) is 2.58. The van der Waals surface area contributed by atoms with Crippen LogP contribution in [0, 0.1) is 5.82 Å². The Morgan fingerprint density at radius 1 is 1.33 bits per heavy atom. The molecule has 104 valence electrons. The van der Waals surface area contributed by atoms with Gasteiger partial charge in [-0.05, 0) is 19.1 Å². The molecule has 1 rings (SSSR count). The van der Waals surface area contributed by atoms with Crippen LogP contribution in [0.25, 0.3) is 0 Å². The van der Waals surface area contributed by atoms with Crippen molar-refractivity contribution in [3.63, 3.8) is 0 Å². The third kappa shape index (κ3) is 3.47. The highest BCUT2D eigenvalue weighted by atomic mass is 35.5. The molecule has 2 nitrogen and oxygen atoms in total. The molecule has 0 aromatic heterocycles. The highest BCUT2D eigenvalue weighted by molar-refractivity contribution is 6.30. The fourth-order valence-electron chi connectivity index (χ4n) is 1.38. The molecule has 3 N–H and O–H groups in total. The highest BCUT2D eigenvalue weighted by Crippen LogP contribution is 2.38. The van der Waals surface area contributed by atoms with Crippen LogP contribution in [0.4, 0.5) is 17.6 Å². The Labute approximate surface area is 112 Å². The van der Waals surface area contributed by atoms with E-state index >= 15 is 0 Å². The van der Waals surface area contributed by atoms with Gasteiger partial charge in [0.25, 0.3) is 0 Å². The summed E-state index contributed by atoms with van der Waals surface area (Å²) in [7, 11) is 0. The maximum absolute atomic E-state index is 13.6. The third-order valence-electron chi connectivity index (χ3n) is 2.29. The second kappa shape index (κ2) is 6.06. The number of aliphatic hydroxyl groups is 1. The van der Waals surface area contributed by atoms with E-state index in [0.717, 1.165) is 6.07 Å². The van der Waals surface area contributed by atoms with Crippen molar-refractivity contribution in [1.29, 1.82) is 0 Å². The molecule has 0 aliphatic heterocycles. The van der Waals surface area contributed by atoms with Gasteiger partial charge in [0.05, 0.1) is 22.7 Å². The van der Waals surface area contributed by atoms with E-state index in [-0.39, 0.29) is 12.4 Å². The lowest BCUT2D eigenvalue weighted by atomic mass is 9.96. The summed E-state index contributed by atoms with van der Waals surface area (Å²) in [6.45, 7) is 1.17. The van der Waals surface area contributed by atoms with Crippen LogP contribution < -0.4 is 5.73 Å². The van der Waals surface area contributed by atoms with Crippen molar-refractivity contribution in [2.75, 3.05) is 0 Å². The monoisotopic (exact) mass is 307 g/mol. The van der Waals surface area contributed by atoms with Crippen LogP contribution in [0.3, 0.4) is 0 Å². The first-order valence-corrected chi connectivity index (χ1v) is 5.02. The van der Waals surface area contributed by atoms with Crippen molar-refractivity contribution < 1.29 is 22.7 Å². The molecule has 1 aromatic carbocycles. The second-order valence-electron chi connectivity index (χ2n) is 3.59. The van der Waals surface area contributed by atoms with Crippen molar-refractivity contribution in [3.8, 4) is 0 Å². The van der Waals surface area contributed by atoms with E-state index in [1.54, 1.807) is 0 Å². The van der Waals surface area contributed by atoms with Gasteiger partial charge in [-0.1, -0.05) is 11.6 Å². The zero-order valence-electron chi connectivity index (χ0n) is 9.13. The lowest BCUT2D eigenvalue weighted by molar-refractivity contribution is -0.138. The largest absolute Gasteiger partial charge is 0.416 e. The molecule has 18 heavy (non-hydrogen) atoms. The molecular weight excluding hydrogens is 297 g/mol. The highest BCUT2D eigenvalue weighted by Gasteiger charge is 2.37. The van der Waals surface area contributed by atoms with Crippen LogP contribution in [0.1, 0.15) is 24.1 Å². The molecule has 0 saturated carbocycles. The first kappa shape index (κ1) is 17.4. The summed E-state index contributed by atoms with van der Waals surface area (Å²) < 4.78 is 51.5. The van der Waals surface area contributed by atoms with E-state index in [2.05, 4.69) is 0 Å². The summed E-state index contributed by atoms with van der Waals surface area (Å²) in [6, 6.07) is -0.0497. The second-order valence-corrected chi connectivity index (χ2v) is 3.99. The lowest BCUT2D eigenvalue weighted by Crippen LogP contribution is -2.27. The number of alkyl halides is 3. The van der Waals surface area contributed by atoms with Crippen molar-refractivity contribution in [3.05, 3.63) is 34.1 Å². The maximum atomic E-state index is 13.6. The smallest absolute Gasteiger partial charge is 0.391 e. The minimum Gasteiger partial charge on any atom is -0.391 e. The molecule has 0 spiro atoms. The molecule has 0 bridgehead atoms. The van der Waals surface area contributed by atoms with Crippen LogP contribution >= 0.6 is 24.0 Å². The lowest BCUT2D eigenvalue weighted by Gasteiger charge is -2.21. The summed E-state index contributed by atoms with van der Waals surface area (Å²) in [4.78, 5) is 0. The molecule has 0 heterocycles. The number of rotatable bonds is 2. The molecular formula is C10H11Cl2F4NO. The quantitative estimate of drug-likeness (QED) is 0.824. The van der Waals surface area contributed by atoms with Crippen LogP contribution in [0.2, 0.25) is 5.02 Å². The van der Waals surface area contributed by atoms with Crippen molar-refractivity contribution in [2.45, 2.75) is 25.2 Å². The Morgan fingerprint density at radius 3 is 2.22 bits per heavy atom. The molecule has 0 unspecified atom stereocenters. The molecule has 0 aliphatic rings. The van der Waals surface area contributed by atoms with Crippen LogP contribution in [0.15, 0.2) is 12.1 Å². The summed E-state index contributed by atoms with van der Waals surface area (Å²) in [6.07, 6.45) is -6.09. The zero-order chi connectivity index (χ0) is 13.4. The van der Waals surface area contributed by atoms with E-state index in [0.29, 0.717) is 6.07 Å². The predicted molar refractivity (Wildman–Crippen MR) is 62.3 cm³/mol. The van der Waals surface area contributed by atoms with E-state index in [4.69, 9.17) is 17.3 Å². The topological polar surface area (TPSA) is 46.2 Å². The first-order valence-electron chi connectivity index (χ1n) is 4.65. The number of benzene rings is 1. The molecule has 0 radical (unpaired) electrons. The minimum atomic E-state index is -4.76. The predicted octanol–water partition coefficient (Wildman–Crippen LogP) is 3.30. The fourth-order valence-corrected chi connectivity index (χ4v) is 1.55. The molecule has 1 aromatic rings. The van der Waals surface area contributed by atoms with E-state index in [1.165, 1.54) is 6.92 Å². The number of nitrogens with two attached hydrogens (primary N) is 1. The SMILES string of the molecule is C[C@H](O)[C@H](N)c1c(C(F)(F)F)ccc(Cl)c1F.Cl. The Bertz CT molecular complexity index is 423. The standard InChI is InChI=1S/C10H10ClF4NO.ClH/c1-4(17)9(16)7-5(10(13,14)15)2-3-6(11)8(7)12;/h2-4,9,17H,16H2,1H3;1H/t4-,9-;/m0./s1. The van der Waals surface area contributed by atoms with Gasteiger partial charge in [0.15, 0.2) is 0 Å². The van der Waals surface area contributed by atoms with Gasteiger partial charge >= 0.3 is 6.18 Å². The molecule has 8 heteroatoms. The molecule has 0 saturated heterocycles. The summed E-state index contributed by atoms with van der Waals surface area (Å²) >= 11 is 5.41. The van der Waals surface area contributed by atoms with Crippen molar-refractivity contribution in [1.82, 2.24) is 0 Å². The number of hydrogen-bond acceptors (Lipinski definition) is 2. The number of halogens is 6. The van der Waals surface area contributed by atoms with E-state index in [9.17, 15) is 22.7 Å². The van der Waals surface area contributed by atoms with Gasteiger partial charge in [-0.2, -0.15) is 13.2 Å². The van der Waals surface area contributed by atoms with Gasteiger partial charge in [-0.3, -0.25) is 0 Å². The Balaban J connectivity index is 0.00000289. The van der Waals surface area contributed by atoms with Crippen LogP contribution in [-0.4, -0.2) is 11.2 Å². The number of hydrogen-bond donors (Lipinski definition) is 2. The zero-order valence-corrected chi connectivity index (χ0v) is 10.7. The summed E-state index contributed by atoms with van der Waals surface area (Å²) in [5, 5.41) is 8.71. The van der Waals surface area contributed by atoms with Crippen molar-refractivity contribution >= 4 is 24.0 Å². The molecule has 0 fully saturated rings. The van der Waals surface area contributed by atoms with Gasteiger partial charge < -0.3 is 10.8 Å². The molecule has 0 amide bonds. The Hall–Kier alpha value is -0.560. The van der Waals surface area contributed by atoms with Gasteiger partial charge in [0.1, 0.15) is 5.82 Å². The normalized spacial score (nSPS) is 14.9. The van der Waals surface area contributed by atoms with E-state index in [1.807, 2.05) is 0 Å². The summed E-state index contributed by atoms with van der Waals surface area (Å²) in [5.74, 6) is -1.25. The Kier molecular flexibility index (Phi) is 5.87. The van der Waals surface area contributed by atoms with Crippen molar-refractivity contribution in [2.24, 2.45) is 5.73 Å². The fraction of sp³-hybridized carbons (Fsp3) is 0.400. The molecule has 2 atom stereocenters. The van der Waals surface area contributed by atoms with E-state index < -0.39 is 40.3 Å². The average Bonchev–Trinajstić information content (AvgIpc) is 2.19. The van der Waals surface area contributed by atoms with Gasteiger partial charge in [0.2, 0.25) is 0 Å². The first-order chi connectivity index (χ1) is 7.66. The molecule has 0 aliphatic carbocycles. The van der Waals surface area contributed by atoms with Gasteiger partial charge in [-0.25, -0.2) is 4.39 Å². The van der Waals surface area contributed by atoms with Crippen LogP contribution in [0.5, 0.6) is 0 Å². The minimum absolute atomic E-state index is 0. The average molecular weight is 308 g/mol. The van der Waals surface area contributed by atoms with Crippen LogP contribution in [-0.2, 0) is 6.18 Å². The number of aliphatic hydroxyl groups excluding tert-OH is 1. The van der Waals surface area contributed by atoms with Gasteiger partial charge in [-0.15, -0.1) is 12.4 Å². The summed E-state index contributed by atoms with van der Waals surface area (Å²) in [5.41, 5.74) is 3.31. The Morgan fingerprint density at radius 2 is 1.83 bits per heavy atom. The maximum Gasteiger partial charge on any atom is 0.416 e. The van der Waals surface area contributed by atoms with Gasteiger partial charge in [0, 0.05) is 5.56 Å².